The summed E-state index contributed by atoms with van der Waals surface area (Å²) >= 11 is 0. The van der Waals surface area contributed by atoms with Gasteiger partial charge in [0.15, 0.2) is 0 Å². The third kappa shape index (κ3) is 4.19. The van der Waals surface area contributed by atoms with Gasteiger partial charge in [0.1, 0.15) is 0 Å². The lowest BCUT2D eigenvalue weighted by Crippen LogP contribution is -2.32. The molecule has 2 aliphatic heterocycles. The van der Waals surface area contributed by atoms with Gasteiger partial charge in [-0.3, -0.25) is 0 Å². The van der Waals surface area contributed by atoms with E-state index in [1.54, 1.807) is 0 Å². The minimum atomic E-state index is 0. The third-order valence-corrected chi connectivity index (χ3v) is 4.82. The Kier molecular flexibility index (Phi) is 6.49. The summed E-state index contributed by atoms with van der Waals surface area (Å²) in [5.74, 6) is 1.92. The highest BCUT2D eigenvalue weighted by atomic mass is 35.5. The third-order valence-electron chi connectivity index (χ3n) is 4.82. The molecule has 2 saturated heterocycles. The first kappa shape index (κ1) is 16.8. The van der Waals surface area contributed by atoms with E-state index in [2.05, 4.69) is 35.2 Å². The largest absolute Gasteiger partial charge is 0.381 e. The van der Waals surface area contributed by atoms with Crippen molar-refractivity contribution in [2.24, 2.45) is 17.6 Å². The molecule has 0 aliphatic carbocycles. The van der Waals surface area contributed by atoms with E-state index in [0.717, 1.165) is 38.8 Å². The number of ether oxygens (including phenoxy) is 1. The first-order valence-electron chi connectivity index (χ1n) is 7.92. The van der Waals surface area contributed by atoms with Crippen LogP contribution >= 0.6 is 12.4 Å². The summed E-state index contributed by atoms with van der Waals surface area (Å²) in [7, 11) is 0. The zero-order chi connectivity index (χ0) is 13.8. The Bertz CT molecular complexity index is 409. The average molecular weight is 311 g/mol. The Morgan fingerprint density at radius 3 is 2.67 bits per heavy atom. The molecule has 0 saturated carbocycles. The maximum absolute atomic E-state index is 6.01. The number of hydrogen-bond acceptors (Lipinski definition) is 3. The molecule has 1 unspecified atom stereocenters. The molecule has 0 radical (unpaired) electrons. The highest BCUT2D eigenvalue weighted by Gasteiger charge is 2.33. The van der Waals surface area contributed by atoms with Crippen molar-refractivity contribution in [2.75, 3.05) is 39.4 Å². The van der Waals surface area contributed by atoms with Crippen LogP contribution in [-0.2, 0) is 4.74 Å². The van der Waals surface area contributed by atoms with E-state index in [1.165, 1.54) is 24.9 Å². The van der Waals surface area contributed by atoms with Crippen LogP contribution in [0.15, 0.2) is 30.3 Å². The van der Waals surface area contributed by atoms with Crippen LogP contribution in [0, 0.1) is 11.8 Å². The monoisotopic (exact) mass is 310 g/mol. The lowest BCUT2D eigenvalue weighted by molar-refractivity contribution is 0.0412. The molecule has 0 spiro atoms. The molecule has 1 aromatic rings. The molecule has 2 N–H and O–H groups in total. The van der Waals surface area contributed by atoms with Gasteiger partial charge in [-0.2, -0.15) is 0 Å². The van der Waals surface area contributed by atoms with Crippen molar-refractivity contribution < 1.29 is 4.74 Å². The van der Waals surface area contributed by atoms with E-state index in [1.807, 2.05) is 0 Å². The fourth-order valence-electron chi connectivity index (χ4n) is 3.74. The smallest absolute Gasteiger partial charge is 0.0506 e. The standard InChI is InChI=1S/C17H26N2O.ClH/c18-9-16-11-19(10-14-5-4-8-20-13-14)12-17(16)15-6-2-1-3-7-15;/h1-3,6-7,14,16-17H,4-5,8-13,18H2;1H/t14?,16-,17+;/m1./s1. The van der Waals surface area contributed by atoms with Crippen molar-refractivity contribution in [2.45, 2.75) is 18.8 Å². The van der Waals surface area contributed by atoms with Crippen molar-refractivity contribution >= 4 is 12.4 Å². The molecular weight excluding hydrogens is 284 g/mol. The van der Waals surface area contributed by atoms with Gasteiger partial charge in [0.05, 0.1) is 6.61 Å². The topological polar surface area (TPSA) is 38.5 Å². The molecule has 2 fully saturated rings. The van der Waals surface area contributed by atoms with Crippen LogP contribution in [-0.4, -0.2) is 44.3 Å². The van der Waals surface area contributed by atoms with Crippen molar-refractivity contribution in [1.82, 2.24) is 4.90 Å². The van der Waals surface area contributed by atoms with Gasteiger partial charge >= 0.3 is 0 Å². The Morgan fingerprint density at radius 2 is 2.00 bits per heavy atom. The predicted molar refractivity (Wildman–Crippen MR) is 89.0 cm³/mol. The number of likely N-dealkylation sites (tertiary alicyclic amines) is 1. The van der Waals surface area contributed by atoms with Crippen LogP contribution in [0.4, 0.5) is 0 Å². The van der Waals surface area contributed by atoms with Gasteiger partial charge in [-0.1, -0.05) is 30.3 Å². The number of nitrogens with two attached hydrogens (primary N) is 1. The number of nitrogens with zero attached hydrogens (tertiary/aromatic N) is 1. The summed E-state index contributed by atoms with van der Waals surface area (Å²) in [5.41, 5.74) is 7.45. The van der Waals surface area contributed by atoms with Crippen molar-refractivity contribution in [1.29, 1.82) is 0 Å². The van der Waals surface area contributed by atoms with Gasteiger partial charge in [0, 0.05) is 32.2 Å². The zero-order valence-corrected chi connectivity index (χ0v) is 13.4. The highest BCUT2D eigenvalue weighted by Crippen LogP contribution is 2.32. The molecule has 0 amide bonds. The van der Waals surface area contributed by atoms with Gasteiger partial charge in [0.2, 0.25) is 0 Å². The minimum Gasteiger partial charge on any atom is -0.381 e. The second kappa shape index (κ2) is 8.14. The molecule has 3 rings (SSSR count). The molecule has 3 nitrogen and oxygen atoms in total. The molecule has 1 aromatic carbocycles. The molecule has 3 atom stereocenters. The summed E-state index contributed by atoms with van der Waals surface area (Å²) in [6, 6.07) is 10.9. The Morgan fingerprint density at radius 1 is 1.19 bits per heavy atom. The maximum Gasteiger partial charge on any atom is 0.0506 e. The Balaban J connectivity index is 0.00000161. The lowest BCUT2D eigenvalue weighted by atomic mass is 9.89. The summed E-state index contributed by atoms with van der Waals surface area (Å²) in [6.07, 6.45) is 2.54. The highest BCUT2D eigenvalue weighted by molar-refractivity contribution is 5.85. The van der Waals surface area contributed by atoms with E-state index in [4.69, 9.17) is 10.5 Å². The van der Waals surface area contributed by atoms with Gasteiger partial charge in [-0.05, 0) is 36.8 Å². The van der Waals surface area contributed by atoms with E-state index in [0.29, 0.717) is 11.8 Å². The summed E-state index contributed by atoms with van der Waals surface area (Å²) < 4.78 is 5.61. The predicted octanol–water partition coefficient (Wildman–Crippen LogP) is 2.51. The minimum absolute atomic E-state index is 0. The van der Waals surface area contributed by atoms with E-state index < -0.39 is 0 Å². The summed E-state index contributed by atoms with van der Waals surface area (Å²) in [5, 5.41) is 0. The molecule has 0 bridgehead atoms. The molecule has 21 heavy (non-hydrogen) atoms. The van der Waals surface area contributed by atoms with Crippen LogP contribution in [0.1, 0.15) is 24.3 Å². The number of halogens is 1. The molecule has 2 heterocycles. The fourth-order valence-corrected chi connectivity index (χ4v) is 3.74. The lowest BCUT2D eigenvalue weighted by Gasteiger charge is -2.27. The SMILES string of the molecule is Cl.NC[C@@H]1CN(CC2CCCOC2)C[C@H]1c1ccccc1. The zero-order valence-electron chi connectivity index (χ0n) is 12.6. The van der Waals surface area contributed by atoms with E-state index >= 15 is 0 Å². The average Bonchev–Trinajstić information content (AvgIpc) is 2.92. The number of benzene rings is 1. The van der Waals surface area contributed by atoms with Crippen LogP contribution in [0.3, 0.4) is 0 Å². The van der Waals surface area contributed by atoms with Crippen LogP contribution in [0.5, 0.6) is 0 Å². The molecule has 0 aromatic heterocycles. The van der Waals surface area contributed by atoms with Crippen LogP contribution in [0.2, 0.25) is 0 Å². The number of hydrogen-bond donors (Lipinski definition) is 1. The second-order valence-corrected chi connectivity index (χ2v) is 6.31. The van der Waals surface area contributed by atoms with Crippen LogP contribution < -0.4 is 5.73 Å². The normalized spacial score (nSPS) is 30.0. The van der Waals surface area contributed by atoms with E-state index in [9.17, 15) is 0 Å². The second-order valence-electron chi connectivity index (χ2n) is 6.31. The molecule has 4 heteroatoms. The van der Waals surface area contributed by atoms with Crippen molar-refractivity contribution in [3.8, 4) is 0 Å². The Hall–Kier alpha value is -0.610. The fraction of sp³-hybridized carbons (Fsp3) is 0.647. The van der Waals surface area contributed by atoms with Gasteiger partial charge in [-0.15, -0.1) is 12.4 Å². The van der Waals surface area contributed by atoms with Crippen LogP contribution in [0.25, 0.3) is 0 Å². The van der Waals surface area contributed by atoms with Crippen molar-refractivity contribution in [3.05, 3.63) is 35.9 Å². The van der Waals surface area contributed by atoms with Gasteiger partial charge < -0.3 is 15.4 Å². The number of rotatable bonds is 4. The Labute approximate surface area is 134 Å². The van der Waals surface area contributed by atoms with E-state index in [-0.39, 0.29) is 12.4 Å². The van der Waals surface area contributed by atoms with Gasteiger partial charge in [0.25, 0.3) is 0 Å². The summed E-state index contributed by atoms with van der Waals surface area (Å²) in [4.78, 5) is 2.61. The molecule has 118 valence electrons. The maximum atomic E-state index is 6.01. The first-order chi connectivity index (χ1) is 9.86. The quantitative estimate of drug-likeness (QED) is 0.928. The first-order valence-corrected chi connectivity index (χ1v) is 7.92. The van der Waals surface area contributed by atoms with Gasteiger partial charge in [-0.25, -0.2) is 0 Å². The summed E-state index contributed by atoms with van der Waals surface area (Å²) in [6.45, 7) is 6.17. The molecule has 2 aliphatic rings. The van der Waals surface area contributed by atoms with Crippen molar-refractivity contribution in [3.63, 3.8) is 0 Å². The molecular formula is C17H27ClN2O.